The highest BCUT2D eigenvalue weighted by molar-refractivity contribution is 7.13. The van der Waals surface area contributed by atoms with E-state index < -0.39 is 0 Å². The maximum Gasteiger partial charge on any atom is 0.243 e. The van der Waals surface area contributed by atoms with Gasteiger partial charge in [-0.05, 0) is 25.0 Å². The predicted octanol–water partition coefficient (Wildman–Crippen LogP) is 3.40. The molecule has 3 aromatic rings. The largest absolute Gasteiger partial charge is 0.333 e. The van der Waals surface area contributed by atoms with E-state index in [2.05, 4.69) is 15.3 Å². The minimum Gasteiger partial charge on any atom is -0.333 e. The van der Waals surface area contributed by atoms with E-state index in [1.54, 1.807) is 12.4 Å². The smallest absolute Gasteiger partial charge is 0.243 e. The Balaban J connectivity index is 1.50. The number of carbonyl (C=O) groups excluding carboxylic acids is 1. The summed E-state index contributed by atoms with van der Waals surface area (Å²) in [6.45, 7) is 3.15. The number of aryl methyl sites for hydroxylation is 1. The molecule has 0 bridgehead atoms. The van der Waals surface area contributed by atoms with Crippen LogP contribution < -0.4 is 5.32 Å². The molecule has 1 amide bonds. The van der Waals surface area contributed by atoms with Crippen LogP contribution in [0, 0.1) is 0 Å². The summed E-state index contributed by atoms with van der Waals surface area (Å²) in [5.41, 5.74) is 0.920. The first kappa shape index (κ1) is 17.7. The van der Waals surface area contributed by atoms with Gasteiger partial charge in [0.1, 0.15) is 18.2 Å². The second-order valence-corrected chi connectivity index (χ2v) is 7.37. The molecule has 0 aliphatic carbocycles. The SMILES string of the molecule is CCc1nccn1CC(=O)N1CCCC1c1cccc(Nc2nccs2)n1. The van der Waals surface area contributed by atoms with Gasteiger partial charge in [0.15, 0.2) is 5.13 Å². The topological polar surface area (TPSA) is 75.9 Å². The molecule has 1 aliphatic heterocycles. The van der Waals surface area contributed by atoms with Crippen LogP contribution in [0.1, 0.15) is 37.3 Å². The van der Waals surface area contributed by atoms with Crippen LogP contribution >= 0.6 is 11.3 Å². The molecule has 0 saturated carbocycles. The summed E-state index contributed by atoms with van der Waals surface area (Å²) in [6, 6.07) is 5.91. The summed E-state index contributed by atoms with van der Waals surface area (Å²) < 4.78 is 1.94. The first-order chi connectivity index (χ1) is 13.2. The van der Waals surface area contributed by atoms with Gasteiger partial charge in [-0.2, -0.15) is 0 Å². The van der Waals surface area contributed by atoms with Gasteiger partial charge in [0.25, 0.3) is 0 Å². The summed E-state index contributed by atoms with van der Waals surface area (Å²) in [5.74, 6) is 1.81. The van der Waals surface area contributed by atoms with E-state index in [0.29, 0.717) is 6.54 Å². The van der Waals surface area contributed by atoms with Gasteiger partial charge in [0.05, 0.1) is 11.7 Å². The highest BCUT2D eigenvalue weighted by atomic mass is 32.1. The molecular weight excluding hydrogens is 360 g/mol. The number of hydrogen-bond acceptors (Lipinski definition) is 6. The quantitative estimate of drug-likeness (QED) is 0.707. The van der Waals surface area contributed by atoms with Crippen molar-refractivity contribution < 1.29 is 4.79 Å². The fraction of sp³-hybridized carbons (Fsp3) is 0.368. The third-order valence-electron chi connectivity index (χ3n) is 4.78. The Kier molecular flexibility index (Phi) is 5.15. The van der Waals surface area contributed by atoms with Crippen LogP contribution in [0.15, 0.2) is 42.2 Å². The summed E-state index contributed by atoms with van der Waals surface area (Å²) in [6.07, 6.45) is 8.13. The van der Waals surface area contributed by atoms with Crippen molar-refractivity contribution in [2.75, 3.05) is 11.9 Å². The van der Waals surface area contributed by atoms with Gasteiger partial charge in [-0.25, -0.2) is 15.0 Å². The molecule has 4 rings (SSSR count). The highest BCUT2D eigenvalue weighted by Gasteiger charge is 2.31. The Morgan fingerprint density at radius 3 is 3.07 bits per heavy atom. The van der Waals surface area contributed by atoms with E-state index in [1.807, 2.05) is 46.2 Å². The van der Waals surface area contributed by atoms with Crippen molar-refractivity contribution in [3.05, 3.63) is 53.7 Å². The van der Waals surface area contributed by atoms with Crippen LogP contribution in [0.3, 0.4) is 0 Å². The Labute approximate surface area is 162 Å². The van der Waals surface area contributed by atoms with Crippen LogP contribution in [0.25, 0.3) is 0 Å². The number of hydrogen-bond donors (Lipinski definition) is 1. The lowest BCUT2D eigenvalue weighted by Gasteiger charge is -2.25. The van der Waals surface area contributed by atoms with E-state index in [4.69, 9.17) is 4.98 Å². The number of nitrogens with zero attached hydrogens (tertiary/aromatic N) is 5. The van der Waals surface area contributed by atoms with E-state index in [9.17, 15) is 4.79 Å². The molecule has 0 radical (unpaired) electrons. The van der Waals surface area contributed by atoms with Crippen molar-refractivity contribution in [3.63, 3.8) is 0 Å². The molecule has 1 aliphatic rings. The van der Waals surface area contributed by atoms with Crippen molar-refractivity contribution in [1.29, 1.82) is 0 Å². The van der Waals surface area contributed by atoms with Crippen molar-refractivity contribution in [2.24, 2.45) is 0 Å². The van der Waals surface area contributed by atoms with Gasteiger partial charge in [-0.15, -0.1) is 11.3 Å². The molecular formula is C19H22N6OS. The van der Waals surface area contributed by atoms with Gasteiger partial charge in [-0.3, -0.25) is 4.79 Å². The zero-order valence-electron chi connectivity index (χ0n) is 15.2. The van der Waals surface area contributed by atoms with E-state index >= 15 is 0 Å². The van der Waals surface area contributed by atoms with Crippen LogP contribution in [-0.2, 0) is 17.8 Å². The molecule has 1 fully saturated rings. The Bertz CT molecular complexity index is 907. The fourth-order valence-electron chi connectivity index (χ4n) is 3.51. The first-order valence-electron chi connectivity index (χ1n) is 9.17. The minimum atomic E-state index is 0.0177. The van der Waals surface area contributed by atoms with Gasteiger partial charge < -0.3 is 14.8 Å². The van der Waals surface area contributed by atoms with Gasteiger partial charge in [0, 0.05) is 36.9 Å². The van der Waals surface area contributed by atoms with Crippen molar-refractivity contribution >= 4 is 28.2 Å². The Morgan fingerprint density at radius 2 is 2.26 bits per heavy atom. The standard InChI is InChI=1S/C19H22N6OS/c1-2-17-20-8-11-24(17)13-18(26)25-10-4-6-15(25)14-5-3-7-16(22-14)23-19-21-9-12-27-19/h3,5,7-9,11-12,15H,2,4,6,10,13H2,1H3,(H,21,22,23). The molecule has 140 valence electrons. The number of thiazole rings is 1. The van der Waals surface area contributed by atoms with Crippen LogP contribution in [0.2, 0.25) is 0 Å². The zero-order chi connectivity index (χ0) is 18.6. The molecule has 1 unspecified atom stereocenters. The number of amides is 1. The lowest BCUT2D eigenvalue weighted by molar-refractivity contribution is -0.132. The molecule has 1 saturated heterocycles. The molecule has 8 heteroatoms. The maximum atomic E-state index is 12.9. The third-order valence-corrected chi connectivity index (χ3v) is 5.46. The molecule has 4 heterocycles. The summed E-state index contributed by atoms with van der Waals surface area (Å²) in [4.78, 5) is 28.2. The molecule has 7 nitrogen and oxygen atoms in total. The first-order valence-corrected chi connectivity index (χ1v) is 10.1. The number of pyridine rings is 1. The lowest BCUT2D eigenvalue weighted by Crippen LogP contribution is -2.34. The highest BCUT2D eigenvalue weighted by Crippen LogP contribution is 2.32. The molecule has 1 atom stereocenters. The van der Waals surface area contributed by atoms with Crippen LogP contribution in [-0.4, -0.2) is 36.9 Å². The number of likely N-dealkylation sites (tertiary alicyclic amines) is 1. The Hall–Kier alpha value is -2.74. The Morgan fingerprint density at radius 1 is 1.33 bits per heavy atom. The molecule has 3 aromatic heterocycles. The van der Waals surface area contributed by atoms with Gasteiger partial charge in [-0.1, -0.05) is 13.0 Å². The van der Waals surface area contributed by atoms with Crippen molar-refractivity contribution in [3.8, 4) is 0 Å². The maximum absolute atomic E-state index is 12.9. The summed E-state index contributed by atoms with van der Waals surface area (Å²) in [5, 5.41) is 5.96. The fourth-order valence-corrected chi connectivity index (χ4v) is 4.04. The normalized spacial score (nSPS) is 16.6. The predicted molar refractivity (Wildman–Crippen MR) is 105 cm³/mol. The van der Waals surface area contributed by atoms with Crippen molar-refractivity contribution in [2.45, 2.75) is 38.8 Å². The van der Waals surface area contributed by atoms with Crippen LogP contribution in [0.5, 0.6) is 0 Å². The minimum absolute atomic E-state index is 0.0177. The average molecular weight is 382 g/mol. The lowest BCUT2D eigenvalue weighted by atomic mass is 10.1. The van der Waals surface area contributed by atoms with Gasteiger partial charge in [0.2, 0.25) is 5.91 Å². The number of rotatable bonds is 6. The molecule has 0 spiro atoms. The van der Waals surface area contributed by atoms with Crippen LogP contribution in [0.4, 0.5) is 10.9 Å². The molecule has 1 N–H and O–H groups in total. The second kappa shape index (κ2) is 7.87. The third kappa shape index (κ3) is 3.85. The zero-order valence-corrected chi connectivity index (χ0v) is 16.0. The van der Waals surface area contributed by atoms with Crippen molar-refractivity contribution in [1.82, 2.24) is 24.4 Å². The molecule has 0 aromatic carbocycles. The number of imidazole rings is 1. The number of carbonyl (C=O) groups is 1. The van der Waals surface area contributed by atoms with E-state index in [0.717, 1.165) is 48.3 Å². The average Bonchev–Trinajstić information content (AvgIpc) is 3.43. The van der Waals surface area contributed by atoms with E-state index in [1.165, 1.54) is 11.3 Å². The second-order valence-electron chi connectivity index (χ2n) is 6.48. The number of nitrogens with one attached hydrogen (secondary N) is 1. The number of aromatic nitrogens is 4. The summed E-state index contributed by atoms with van der Waals surface area (Å²) in [7, 11) is 0. The monoisotopic (exact) mass is 382 g/mol. The summed E-state index contributed by atoms with van der Waals surface area (Å²) >= 11 is 1.53. The van der Waals surface area contributed by atoms with Gasteiger partial charge >= 0.3 is 0 Å². The van der Waals surface area contributed by atoms with E-state index in [-0.39, 0.29) is 11.9 Å². The number of anilines is 2. The molecule has 27 heavy (non-hydrogen) atoms.